The van der Waals surface area contributed by atoms with Crippen LogP contribution in [0.3, 0.4) is 0 Å². The topological polar surface area (TPSA) is 83.6 Å². The summed E-state index contributed by atoms with van der Waals surface area (Å²) in [5.74, 6) is -0.462. The Labute approximate surface area is 170 Å². The fourth-order valence-corrected chi connectivity index (χ4v) is 5.33. The largest absolute Gasteiger partial charge is 0.326 e. The number of nitrogens with one attached hydrogen (secondary N) is 1. The van der Waals surface area contributed by atoms with Crippen molar-refractivity contribution >= 4 is 33.0 Å². The lowest BCUT2D eigenvalue weighted by atomic mass is 10.00. The quantitative estimate of drug-likeness (QED) is 0.818. The van der Waals surface area contributed by atoms with Gasteiger partial charge in [0.2, 0.25) is 11.8 Å². The van der Waals surface area contributed by atoms with Gasteiger partial charge in [-0.05, 0) is 73.2 Å². The van der Waals surface area contributed by atoms with Gasteiger partial charge in [-0.25, -0.2) is 8.42 Å². The number of nitrogens with zero attached hydrogens (tertiary/aromatic N) is 1. The molecule has 4 rings (SSSR count). The molecule has 0 bridgehead atoms. The minimum Gasteiger partial charge on any atom is -0.326 e. The molecular formula is C22H24N2O4S. The van der Waals surface area contributed by atoms with Gasteiger partial charge in [-0.3, -0.25) is 9.59 Å². The molecule has 2 aromatic carbocycles. The van der Waals surface area contributed by atoms with Gasteiger partial charge in [0.05, 0.1) is 16.3 Å². The number of amides is 2. The Balaban J connectivity index is 1.47. The Morgan fingerprint density at radius 1 is 1.03 bits per heavy atom. The van der Waals surface area contributed by atoms with E-state index in [-0.39, 0.29) is 28.9 Å². The highest BCUT2D eigenvalue weighted by Gasteiger charge is 2.32. The number of carbonyl (C=O) groups excluding carboxylic acids is 2. The van der Waals surface area contributed by atoms with Gasteiger partial charge in [0.1, 0.15) is 0 Å². The van der Waals surface area contributed by atoms with E-state index in [0.29, 0.717) is 31.5 Å². The third-order valence-corrected chi connectivity index (χ3v) is 7.47. The molecule has 0 aliphatic carbocycles. The van der Waals surface area contributed by atoms with Crippen molar-refractivity contribution in [2.75, 3.05) is 22.5 Å². The zero-order valence-electron chi connectivity index (χ0n) is 16.6. The first kappa shape index (κ1) is 19.6. The highest BCUT2D eigenvalue weighted by Crippen LogP contribution is 2.38. The van der Waals surface area contributed by atoms with Crippen LogP contribution in [0.25, 0.3) is 0 Å². The van der Waals surface area contributed by atoms with Crippen molar-refractivity contribution in [1.82, 2.24) is 0 Å². The number of hydrogen-bond acceptors (Lipinski definition) is 4. The van der Waals surface area contributed by atoms with Crippen molar-refractivity contribution in [3.8, 4) is 0 Å². The van der Waals surface area contributed by atoms with E-state index < -0.39 is 9.84 Å². The van der Waals surface area contributed by atoms with Crippen LogP contribution in [0.2, 0.25) is 0 Å². The van der Waals surface area contributed by atoms with E-state index in [0.717, 1.165) is 27.9 Å². The molecule has 2 heterocycles. The van der Waals surface area contributed by atoms with E-state index >= 15 is 0 Å². The predicted octanol–water partition coefficient (Wildman–Crippen LogP) is 2.94. The van der Waals surface area contributed by atoms with Crippen LogP contribution in [0.1, 0.15) is 35.1 Å². The number of aryl methyl sites for hydroxylation is 3. The van der Waals surface area contributed by atoms with Crippen LogP contribution in [0.15, 0.2) is 35.2 Å². The summed E-state index contributed by atoms with van der Waals surface area (Å²) < 4.78 is 25.7. The Hall–Kier alpha value is -2.67. The van der Waals surface area contributed by atoms with Crippen molar-refractivity contribution in [1.29, 1.82) is 0 Å². The molecule has 0 radical (unpaired) electrons. The van der Waals surface area contributed by atoms with Crippen LogP contribution in [0.4, 0.5) is 11.4 Å². The summed E-state index contributed by atoms with van der Waals surface area (Å²) in [5.41, 5.74) is 5.59. The van der Waals surface area contributed by atoms with Gasteiger partial charge in [-0.2, -0.15) is 0 Å². The summed E-state index contributed by atoms with van der Waals surface area (Å²) in [6, 6.07) is 8.97. The first-order valence-electron chi connectivity index (χ1n) is 9.80. The summed E-state index contributed by atoms with van der Waals surface area (Å²) in [6.07, 6.45) is 1.54. The number of anilines is 2. The van der Waals surface area contributed by atoms with Gasteiger partial charge in [-0.15, -0.1) is 0 Å². The predicted molar refractivity (Wildman–Crippen MR) is 112 cm³/mol. The van der Waals surface area contributed by atoms with Gasteiger partial charge in [-0.1, -0.05) is 6.07 Å². The van der Waals surface area contributed by atoms with Crippen molar-refractivity contribution in [3.05, 3.63) is 52.6 Å². The molecule has 2 aromatic rings. The zero-order valence-corrected chi connectivity index (χ0v) is 17.4. The first-order chi connectivity index (χ1) is 13.7. The van der Waals surface area contributed by atoms with Crippen LogP contribution < -0.4 is 10.2 Å². The highest BCUT2D eigenvalue weighted by atomic mass is 32.2. The zero-order chi connectivity index (χ0) is 20.8. The molecule has 0 saturated carbocycles. The third-order valence-electron chi connectivity index (χ3n) is 5.77. The molecule has 0 unspecified atom stereocenters. The molecule has 0 spiro atoms. The molecule has 7 heteroatoms. The average Bonchev–Trinajstić information content (AvgIpc) is 3.12. The van der Waals surface area contributed by atoms with Crippen LogP contribution in [-0.4, -0.2) is 32.5 Å². The smallest absolute Gasteiger partial charge is 0.227 e. The van der Waals surface area contributed by atoms with Gasteiger partial charge >= 0.3 is 0 Å². The van der Waals surface area contributed by atoms with E-state index in [1.807, 2.05) is 32.0 Å². The molecular weight excluding hydrogens is 388 g/mol. The van der Waals surface area contributed by atoms with E-state index in [9.17, 15) is 18.0 Å². The lowest BCUT2D eigenvalue weighted by Gasteiger charge is -2.25. The second-order valence-electron chi connectivity index (χ2n) is 7.80. The van der Waals surface area contributed by atoms with Crippen LogP contribution >= 0.6 is 0 Å². The fraction of sp³-hybridized carbons (Fsp3) is 0.364. The third kappa shape index (κ3) is 3.79. The summed E-state index contributed by atoms with van der Waals surface area (Å²) in [5, 5.41) is 2.77. The summed E-state index contributed by atoms with van der Waals surface area (Å²) in [6.45, 7) is 4.57. The van der Waals surface area contributed by atoms with Crippen molar-refractivity contribution in [2.24, 2.45) is 0 Å². The first-order valence-corrected chi connectivity index (χ1v) is 11.5. The van der Waals surface area contributed by atoms with Gasteiger partial charge in [0.25, 0.3) is 0 Å². The number of hydrogen-bond donors (Lipinski definition) is 1. The lowest BCUT2D eigenvalue weighted by molar-refractivity contribution is -0.119. The van der Waals surface area contributed by atoms with Crippen molar-refractivity contribution < 1.29 is 18.0 Å². The van der Waals surface area contributed by atoms with Gasteiger partial charge < -0.3 is 10.2 Å². The normalized spacial score (nSPS) is 15.4. The molecule has 0 aromatic heterocycles. The molecule has 29 heavy (non-hydrogen) atoms. The number of carbonyl (C=O) groups is 2. The Kier molecular flexibility index (Phi) is 4.94. The molecule has 2 aliphatic rings. The monoisotopic (exact) mass is 412 g/mol. The number of sulfone groups is 1. The van der Waals surface area contributed by atoms with E-state index in [1.165, 1.54) is 0 Å². The Morgan fingerprint density at radius 2 is 1.76 bits per heavy atom. The summed E-state index contributed by atoms with van der Waals surface area (Å²) in [7, 11) is -3.59. The Morgan fingerprint density at radius 3 is 2.48 bits per heavy atom. The van der Waals surface area contributed by atoms with Gasteiger partial charge in [0, 0.05) is 25.1 Å². The SMILES string of the molecule is Cc1ccc(NC(=O)CCS(=O)(=O)c2cc3c4c(c2)CCN4C(=O)CC3)cc1C. The molecule has 1 N–H and O–H groups in total. The molecule has 152 valence electrons. The van der Waals surface area contributed by atoms with E-state index in [1.54, 1.807) is 17.0 Å². The minimum absolute atomic E-state index is 0.105. The maximum atomic E-state index is 12.9. The lowest BCUT2D eigenvalue weighted by Crippen LogP contribution is -2.32. The van der Waals surface area contributed by atoms with Gasteiger partial charge in [0.15, 0.2) is 9.84 Å². The maximum Gasteiger partial charge on any atom is 0.227 e. The van der Waals surface area contributed by atoms with Crippen molar-refractivity contribution in [3.63, 3.8) is 0 Å². The van der Waals surface area contributed by atoms with Crippen LogP contribution in [0.5, 0.6) is 0 Å². The minimum atomic E-state index is -3.59. The molecule has 0 saturated heterocycles. The van der Waals surface area contributed by atoms with Crippen LogP contribution in [0, 0.1) is 13.8 Å². The van der Waals surface area contributed by atoms with E-state index in [4.69, 9.17) is 0 Å². The molecule has 2 amide bonds. The molecule has 6 nitrogen and oxygen atoms in total. The van der Waals surface area contributed by atoms with Crippen LogP contribution in [-0.2, 0) is 32.3 Å². The highest BCUT2D eigenvalue weighted by molar-refractivity contribution is 7.91. The average molecular weight is 413 g/mol. The number of rotatable bonds is 5. The fourth-order valence-electron chi connectivity index (χ4n) is 3.99. The molecule has 0 fully saturated rings. The summed E-state index contributed by atoms with van der Waals surface area (Å²) >= 11 is 0. The van der Waals surface area contributed by atoms with E-state index in [2.05, 4.69) is 5.32 Å². The molecule has 0 atom stereocenters. The maximum absolute atomic E-state index is 12.9. The van der Waals surface area contributed by atoms with Crippen molar-refractivity contribution in [2.45, 2.75) is 44.4 Å². The Bertz CT molecular complexity index is 1120. The number of benzene rings is 2. The molecule has 2 aliphatic heterocycles. The summed E-state index contributed by atoms with van der Waals surface area (Å²) in [4.78, 5) is 26.3. The second-order valence-corrected chi connectivity index (χ2v) is 9.91. The second kappa shape index (κ2) is 7.30. The standard InChI is InChI=1S/C22H24N2O4S/c1-14-3-5-18(11-15(14)2)23-20(25)8-10-29(27,28)19-12-16-4-6-21(26)24-9-7-17(13-19)22(16)24/h3,5,11-13H,4,6-10H2,1-2H3,(H,23,25).